The van der Waals surface area contributed by atoms with Gasteiger partial charge >= 0.3 is 0 Å². The van der Waals surface area contributed by atoms with Crippen molar-refractivity contribution in [2.24, 2.45) is 11.7 Å². The van der Waals surface area contributed by atoms with Gasteiger partial charge in [0.15, 0.2) is 0 Å². The van der Waals surface area contributed by atoms with Gasteiger partial charge in [-0.25, -0.2) is 0 Å². The largest absolute Gasteiger partial charge is 0.377 e. The summed E-state index contributed by atoms with van der Waals surface area (Å²) in [5.41, 5.74) is 6.15. The fourth-order valence-electron chi connectivity index (χ4n) is 2.38. The van der Waals surface area contributed by atoms with E-state index in [1.807, 2.05) is 0 Å². The van der Waals surface area contributed by atoms with E-state index in [0.29, 0.717) is 12.1 Å². The Bertz CT molecular complexity index is 184. The lowest BCUT2D eigenvalue weighted by molar-refractivity contribution is 0.0722. The van der Waals surface area contributed by atoms with Crippen molar-refractivity contribution in [2.45, 2.75) is 44.8 Å². The van der Waals surface area contributed by atoms with Gasteiger partial charge < -0.3 is 10.5 Å². The predicted molar refractivity (Wildman–Crippen MR) is 61.8 cm³/mol. The van der Waals surface area contributed by atoms with Gasteiger partial charge in [0.05, 0.1) is 6.10 Å². The Hall–Kier alpha value is -0.120. The molecule has 1 aliphatic carbocycles. The molecule has 1 heterocycles. The Labute approximate surface area is 93.0 Å². The van der Waals surface area contributed by atoms with Gasteiger partial charge in [-0.05, 0) is 38.1 Å². The molecule has 0 aromatic carbocycles. The molecule has 0 spiro atoms. The fourth-order valence-corrected chi connectivity index (χ4v) is 2.38. The zero-order chi connectivity index (χ0) is 10.7. The van der Waals surface area contributed by atoms with E-state index in [1.54, 1.807) is 0 Å². The highest BCUT2D eigenvalue weighted by molar-refractivity contribution is 4.86. The molecular weight excluding hydrogens is 188 g/mol. The molecule has 0 amide bonds. The Morgan fingerprint density at radius 1 is 1.40 bits per heavy atom. The molecule has 0 aromatic heterocycles. The summed E-state index contributed by atoms with van der Waals surface area (Å²) in [5.74, 6) is 0.809. The van der Waals surface area contributed by atoms with Crippen molar-refractivity contribution >= 4 is 0 Å². The van der Waals surface area contributed by atoms with E-state index in [9.17, 15) is 0 Å². The first-order valence-corrected chi connectivity index (χ1v) is 6.39. The van der Waals surface area contributed by atoms with Crippen molar-refractivity contribution in [1.29, 1.82) is 0 Å². The van der Waals surface area contributed by atoms with Crippen molar-refractivity contribution in [1.82, 2.24) is 4.90 Å². The van der Waals surface area contributed by atoms with Gasteiger partial charge in [0.25, 0.3) is 0 Å². The van der Waals surface area contributed by atoms with Crippen LogP contribution in [0.15, 0.2) is 0 Å². The molecule has 0 bridgehead atoms. The maximum Gasteiger partial charge on any atom is 0.0702 e. The summed E-state index contributed by atoms with van der Waals surface area (Å²) in [6.07, 6.45) is 5.62. The Balaban J connectivity index is 1.70. The number of nitrogens with zero attached hydrogens (tertiary/aromatic N) is 1. The molecule has 2 aliphatic rings. The Morgan fingerprint density at radius 2 is 2.20 bits per heavy atom. The third kappa shape index (κ3) is 3.44. The average molecular weight is 212 g/mol. The first-order valence-electron chi connectivity index (χ1n) is 6.39. The lowest BCUT2D eigenvalue weighted by Gasteiger charge is -2.26. The van der Waals surface area contributed by atoms with Crippen LogP contribution in [0.3, 0.4) is 0 Å². The molecule has 1 saturated carbocycles. The minimum Gasteiger partial charge on any atom is -0.377 e. The second-order valence-electron chi connectivity index (χ2n) is 4.99. The van der Waals surface area contributed by atoms with Crippen molar-refractivity contribution in [3.63, 3.8) is 0 Å². The summed E-state index contributed by atoms with van der Waals surface area (Å²) in [5, 5.41) is 0. The second-order valence-corrected chi connectivity index (χ2v) is 4.99. The highest BCUT2D eigenvalue weighted by Gasteiger charge is 2.30. The summed E-state index contributed by atoms with van der Waals surface area (Å²) in [7, 11) is 0. The van der Waals surface area contributed by atoms with Gasteiger partial charge in [-0.15, -0.1) is 0 Å². The summed E-state index contributed by atoms with van der Waals surface area (Å²) < 4.78 is 5.66. The molecule has 3 nitrogen and oxygen atoms in total. The minimum absolute atomic E-state index is 0.395. The molecular formula is C12H24N2O. The van der Waals surface area contributed by atoms with E-state index >= 15 is 0 Å². The molecule has 1 aliphatic heterocycles. The van der Waals surface area contributed by atoms with Gasteiger partial charge in [-0.3, -0.25) is 4.90 Å². The number of nitrogens with two attached hydrogens (primary N) is 1. The van der Waals surface area contributed by atoms with Crippen LogP contribution in [0.5, 0.6) is 0 Å². The summed E-state index contributed by atoms with van der Waals surface area (Å²) in [4.78, 5) is 2.46. The smallest absolute Gasteiger partial charge is 0.0702 e. The zero-order valence-electron chi connectivity index (χ0n) is 9.82. The maximum absolute atomic E-state index is 6.15. The monoisotopic (exact) mass is 212 g/mol. The van der Waals surface area contributed by atoms with Crippen molar-refractivity contribution in [3.8, 4) is 0 Å². The number of ether oxygens (including phenoxy) is 1. The van der Waals surface area contributed by atoms with Gasteiger partial charge in [-0.2, -0.15) is 0 Å². The van der Waals surface area contributed by atoms with E-state index in [2.05, 4.69) is 11.8 Å². The van der Waals surface area contributed by atoms with E-state index in [4.69, 9.17) is 10.5 Å². The van der Waals surface area contributed by atoms with Crippen LogP contribution in [0, 0.1) is 5.92 Å². The molecule has 2 unspecified atom stereocenters. The fraction of sp³-hybridized carbons (Fsp3) is 1.00. The van der Waals surface area contributed by atoms with Gasteiger partial charge in [0, 0.05) is 25.7 Å². The zero-order valence-corrected chi connectivity index (χ0v) is 9.82. The quantitative estimate of drug-likeness (QED) is 0.719. The van der Waals surface area contributed by atoms with Gasteiger partial charge in [-0.1, -0.05) is 6.92 Å². The van der Waals surface area contributed by atoms with Crippen LogP contribution in [-0.4, -0.2) is 43.3 Å². The summed E-state index contributed by atoms with van der Waals surface area (Å²) >= 11 is 0. The first-order chi connectivity index (χ1) is 7.29. The SMILES string of the molecule is CCN(CC1CCCO1)CC(N)C1CC1. The lowest BCUT2D eigenvalue weighted by Crippen LogP contribution is -2.42. The molecule has 88 valence electrons. The van der Waals surface area contributed by atoms with Crippen LogP contribution in [-0.2, 0) is 4.74 Å². The lowest BCUT2D eigenvalue weighted by atomic mass is 10.1. The molecule has 2 N–H and O–H groups in total. The van der Waals surface area contributed by atoms with E-state index in [-0.39, 0.29) is 0 Å². The average Bonchev–Trinajstić information content (AvgIpc) is 2.97. The molecule has 15 heavy (non-hydrogen) atoms. The number of hydrogen-bond acceptors (Lipinski definition) is 3. The van der Waals surface area contributed by atoms with Crippen LogP contribution in [0.25, 0.3) is 0 Å². The van der Waals surface area contributed by atoms with Crippen molar-refractivity contribution in [2.75, 3.05) is 26.2 Å². The Morgan fingerprint density at radius 3 is 2.73 bits per heavy atom. The van der Waals surface area contributed by atoms with Crippen LogP contribution in [0.2, 0.25) is 0 Å². The number of likely N-dealkylation sites (N-methyl/N-ethyl adjacent to an activating group) is 1. The van der Waals surface area contributed by atoms with Gasteiger partial charge in [0.1, 0.15) is 0 Å². The first kappa shape index (κ1) is 11.4. The molecule has 3 heteroatoms. The normalized spacial score (nSPS) is 28.6. The van der Waals surface area contributed by atoms with Crippen molar-refractivity contribution in [3.05, 3.63) is 0 Å². The maximum atomic E-state index is 6.15. The van der Waals surface area contributed by atoms with E-state index < -0.39 is 0 Å². The van der Waals surface area contributed by atoms with E-state index in [1.165, 1.54) is 25.7 Å². The van der Waals surface area contributed by atoms with Crippen LogP contribution < -0.4 is 5.73 Å². The minimum atomic E-state index is 0.395. The standard InChI is InChI=1S/C12H24N2O/c1-2-14(8-11-4-3-7-15-11)9-12(13)10-5-6-10/h10-12H,2-9,13H2,1H3. The third-order valence-electron chi connectivity index (χ3n) is 3.63. The second kappa shape index (κ2) is 5.28. The predicted octanol–water partition coefficient (Wildman–Crippen LogP) is 1.22. The number of rotatable bonds is 6. The van der Waals surface area contributed by atoms with Crippen LogP contribution in [0.4, 0.5) is 0 Å². The molecule has 1 saturated heterocycles. The molecule has 2 fully saturated rings. The highest BCUT2D eigenvalue weighted by Crippen LogP contribution is 2.31. The van der Waals surface area contributed by atoms with Crippen molar-refractivity contribution < 1.29 is 4.74 Å². The highest BCUT2D eigenvalue weighted by atomic mass is 16.5. The summed E-state index contributed by atoms with van der Waals surface area (Å²) in [6, 6.07) is 0.395. The Kier molecular flexibility index (Phi) is 4.00. The molecule has 2 rings (SSSR count). The van der Waals surface area contributed by atoms with E-state index in [0.717, 1.165) is 32.2 Å². The molecule has 2 atom stereocenters. The summed E-state index contributed by atoms with van der Waals surface area (Å²) in [6.45, 7) is 6.41. The number of hydrogen-bond donors (Lipinski definition) is 1. The van der Waals surface area contributed by atoms with Crippen LogP contribution >= 0.6 is 0 Å². The topological polar surface area (TPSA) is 38.5 Å². The third-order valence-corrected chi connectivity index (χ3v) is 3.63. The molecule has 0 aromatic rings. The van der Waals surface area contributed by atoms with Gasteiger partial charge in [0.2, 0.25) is 0 Å². The van der Waals surface area contributed by atoms with Crippen LogP contribution in [0.1, 0.15) is 32.6 Å². The molecule has 0 radical (unpaired) electrons.